The molecule has 0 fully saturated rings. The van der Waals surface area contributed by atoms with Gasteiger partial charge in [-0.2, -0.15) is 0 Å². The second kappa shape index (κ2) is 4.93. The van der Waals surface area contributed by atoms with E-state index in [1.807, 2.05) is 0 Å². The van der Waals surface area contributed by atoms with Crippen LogP contribution in [0.5, 0.6) is 17.2 Å². The average molecular weight is 265 g/mol. The molecule has 2 rings (SSSR count). The van der Waals surface area contributed by atoms with Crippen molar-refractivity contribution in [3.8, 4) is 17.2 Å². The summed E-state index contributed by atoms with van der Waals surface area (Å²) in [5.74, 6) is -0.348. The van der Waals surface area contributed by atoms with Crippen molar-refractivity contribution in [2.24, 2.45) is 10.2 Å². The van der Waals surface area contributed by atoms with Crippen molar-refractivity contribution in [2.75, 3.05) is 0 Å². The minimum absolute atomic E-state index is 0.0681. The van der Waals surface area contributed by atoms with Crippen LogP contribution in [-0.2, 0) is 0 Å². The normalized spacial score (nSPS) is 10.9. The molecule has 2 aromatic carbocycles. The van der Waals surface area contributed by atoms with Gasteiger partial charge in [0.15, 0.2) is 0 Å². The highest BCUT2D eigenvalue weighted by Crippen LogP contribution is 2.34. The highest BCUT2D eigenvalue weighted by atomic mass is 35.5. The molecule has 0 atom stereocenters. The van der Waals surface area contributed by atoms with Crippen molar-refractivity contribution in [3.63, 3.8) is 0 Å². The molecule has 0 unspecified atom stereocenters. The number of benzene rings is 2. The maximum Gasteiger partial charge on any atom is 0.146 e. The van der Waals surface area contributed by atoms with Gasteiger partial charge in [0.25, 0.3) is 0 Å². The van der Waals surface area contributed by atoms with Gasteiger partial charge in [0.2, 0.25) is 0 Å². The predicted molar refractivity (Wildman–Crippen MR) is 67.1 cm³/mol. The van der Waals surface area contributed by atoms with Crippen molar-refractivity contribution >= 4 is 23.0 Å². The van der Waals surface area contributed by atoms with E-state index in [1.165, 1.54) is 30.3 Å². The molecule has 6 heteroatoms. The fraction of sp³-hybridized carbons (Fsp3) is 0. The van der Waals surface area contributed by atoms with Gasteiger partial charge in [0, 0.05) is 11.1 Å². The first kappa shape index (κ1) is 12.2. The molecule has 0 amide bonds. The Hall–Kier alpha value is -2.27. The molecule has 0 heterocycles. The summed E-state index contributed by atoms with van der Waals surface area (Å²) >= 11 is 5.76. The van der Waals surface area contributed by atoms with E-state index in [-0.39, 0.29) is 28.6 Å². The smallest absolute Gasteiger partial charge is 0.146 e. The molecule has 0 aliphatic rings. The van der Waals surface area contributed by atoms with Gasteiger partial charge < -0.3 is 15.3 Å². The van der Waals surface area contributed by atoms with Crippen LogP contribution in [0, 0.1) is 0 Å². The molecule has 0 saturated heterocycles. The molecular weight excluding hydrogens is 256 g/mol. The Labute approximate surface area is 108 Å². The molecular formula is C12H9ClN2O3. The molecule has 0 aromatic heterocycles. The van der Waals surface area contributed by atoms with Gasteiger partial charge >= 0.3 is 0 Å². The lowest BCUT2D eigenvalue weighted by atomic mass is 10.3. The molecule has 92 valence electrons. The van der Waals surface area contributed by atoms with E-state index in [0.717, 1.165) is 6.07 Å². The maximum atomic E-state index is 9.51. The number of rotatable bonds is 2. The van der Waals surface area contributed by atoms with E-state index in [9.17, 15) is 10.2 Å². The molecule has 18 heavy (non-hydrogen) atoms. The summed E-state index contributed by atoms with van der Waals surface area (Å²) in [6.45, 7) is 0. The van der Waals surface area contributed by atoms with Gasteiger partial charge in [-0.25, -0.2) is 0 Å². The SMILES string of the molecule is Oc1ccc(/N=N/c2cc(Cl)ccc2O)c(O)c1. The van der Waals surface area contributed by atoms with Gasteiger partial charge in [0.1, 0.15) is 28.6 Å². The third-order valence-corrected chi connectivity index (χ3v) is 2.40. The third kappa shape index (κ3) is 2.70. The Balaban J connectivity index is 2.32. The van der Waals surface area contributed by atoms with Crippen LogP contribution in [-0.4, -0.2) is 15.3 Å². The Morgan fingerprint density at radius 3 is 2.22 bits per heavy atom. The van der Waals surface area contributed by atoms with Crippen LogP contribution in [0.2, 0.25) is 5.02 Å². The zero-order valence-corrected chi connectivity index (χ0v) is 9.83. The monoisotopic (exact) mass is 264 g/mol. The van der Waals surface area contributed by atoms with Crippen molar-refractivity contribution in [3.05, 3.63) is 41.4 Å². The molecule has 3 N–H and O–H groups in total. The number of azo groups is 1. The first-order chi connectivity index (χ1) is 8.56. The van der Waals surface area contributed by atoms with E-state index < -0.39 is 0 Å². The van der Waals surface area contributed by atoms with E-state index in [2.05, 4.69) is 10.2 Å². The first-order valence-electron chi connectivity index (χ1n) is 4.98. The van der Waals surface area contributed by atoms with Crippen molar-refractivity contribution < 1.29 is 15.3 Å². The molecule has 0 radical (unpaired) electrons. The Morgan fingerprint density at radius 1 is 0.778 bits per heavy atom. The Kier molecular flexibility index (Phi) is 3.34. The third-order valence-electron chi connectivity index (χ3n) is 2.16. The fourth-order valence-corrected chi connectivity index (χ4v) is 1.45. The number of phenolic OH excluding ortho intramolecular Hbond substituents is 3. The predicted octanol–water partition coefficient (Wildman–Crippen LogP) is 3.87. The summed E-state index contributed by atoms with van der Waals surface area (Å²) in [5, 5.41) is 36.1. The summed E-state index contributed by atoms with van der Waals surface area (Å²) in [7, 11) is 0. The number of phenols is 3. The van der Waals surface area contributed by atoms with E-state index in [0.29, 0.717) is 5.02 Å². The van der Waals surface area contributed by atoms with Crippen LogP contribution in [0.4, 0.5) is 11.4 Å². The van der Waals surface area contributed by atoms with Gasteiger partial charge in [0.05, 0.1) is 0 Å². The number of hydrogen-bond acceptors (Lipinski definition) is 5. The number of aromatic hydroxyl groups is 3. The van der Waals surface area contributed by atoms with Crippen molar-refractivity contribution in [1.29, 1.82) is 0 Å². The average Bonchev–Trinajstić information content (AvgIpc) is 2.32. The quantitative estimate of drug-likeness (QED) is 0.720. The van der Waals surface area contributed by atoms with E-state index in [1.54, 1.807) is 0 Å². The topological polar surface area (TPSA) is 85.4 Å². The van der Waals surface area contributed by atoms with E-state index >= 15 is 0 Å². The summed E-state index contributed by atoms with van der Waals surface area (Å²) in [6, 6.07) is 8.27. The van der Waals surface area contributed by atoms with Crippen LogP contribution >= 0.6 is 11.6 Å². The summed E-state index contributed by atoms with van der Waals surface area (Å²) in [6.07, 6.45) is 0. The van der Waals surface area contributed by atoms with E-state index in [4.69, 9.17) is 16.7 Å². The lowest BCUT2D eigenvalue weighted by molar-refractivity contribution is 0.451. The van der Waals surface area contributed by atoms with Crippen LogP contribution < -0.4 is 0 Å². The highest BCUT2D eigenvalue weighted by molar-refractivity contribution is 6.30. The molecule has 0 aliphatic carbocycles. The van der Waals surface area contributed by atoms with Crippen LogP contribution in [0.3, 0.4) is 0 Å². The number of nitrogens with zero attached hydrogens (tertiary/aromatic N) is 2. The molecule has 0 spiro atoms. The Morgan fingerprint density at radius 2 is 1.50 bits per heavy atom. The summed E-state index contributed by atoms with van der Waals surface area (Å²) < 4.78 is 0. The van der Waals surface area contributed by atoms with Crippen LogP contribution in [0.1, 0.15) is 0 Å². The van der Waals surface area contributed by atoms with Gasteiger partial charge in [-0.05, 0) is 30.3 Å². The zero-order valence-electron chi connectivity index (χ0n) is 9.08. The van der Waals surface area contributed by atoms with Gasteiger partial charge in [-0.3, -0.25) is 0 Å². The molecule has 0 bridgehead atoms. The second-order valence-corrected chi connectivity index (χ2v) is 3.94. The zero-order chi connectivity index (χ0) is 13.1. The minimum atomic E-state index is -0.208. The lowest BCUT2D eigenvalue weighted by Crippen LogP contribution is -1.70. The standard InChI is InChI=1S/C12H9ClN2O3/c13-7-1-4-11(17)10(5-7)15-14-9-3-2-8(16)6-12(9)18/h1-6,16-18H/b15-14+. The second-order valence-electron chi connectivity index (χ2n) is 3.51. The molecule has 0 aliphatic heterocycles. The lowest BCUT2D eigenvalue weighted by Gasteiger charge is -2.00. The number of halogens is 1. The van der Waals surface area contributed by atoms with Crippen molar-refractivity contribution in [2.45, 2.75) is 0 Å². The Bertz CT molecular complexity index is 614. The summed E-state index contributed by atoms with van der Waals surface area (Å²) in [5.41, 5.74) is 0.363. The minimum Gasteiger partial charge on any atom is -0.508 e. The van der Waals surface area contributed by atoms with Crippen LogP contribution in [0.25, 0.3) is 0 Å². The largest absolute Gasteiger partial charge is 0.508 e. The fourth-order valence-electron chi connectivity index (χ4n) is 1.28. The van der Waals surface area contributed by atoms with Gasteiger partial charge in [-0.1, -0.05) is 11.6 Å². The molecule has 0 saturated carbocycles. The first-order valence-corrected chi connectivity index (χ1v) is 5.36. The van der Waals surface area contributed by atoms with Gasteiger partial charge in [-0.15, -0.1) is 10.2 Å². The summed E-state index contributed by atoms with van der Waals surface area (Å²) in [4.78, 5) is 0. The van der Waals surface area contributed by atoms with Crippen molar-refractivity contribution in [1.82, 2.24) is 0 Å². The molecule has 2 aromatic rings. The molecule has 5 nitrogen and oxygen atoms in total. The van der Waals surface area contributed by atoms with Crippen LogP contribution in [0.15, 0.2) is 46.6 Å². The number of hydrogen-bond donors (Lipinski definition) is 3. The maximum absolute atomic E-state index is 9.51. The highest BCUT2D eigenvalue weighted by Gasteiger charge is 2.03.